The Balaban J connectivity index is 1.50. The Morgan fingerprint density at radius 2 is 1.65 bits per heavy atom. The fourth-order valence-electron chi connectivity index (χ4n) is 3.68. The van der Waals surface area contributed by atoms with Crippen LogP contribution in [-0.2, 0) is 24.3 Å². The molecule has 3 aliphatic rings. The summed E-state index contributed by atoms with van der Waals surface area (Å²) in [4.78, 5) is 14.6. The summed E-state index contributed by atoms with van der Waals surface area (Å²) in [6.45, 7) is 5.16. The topological polar surface area (TPSA) is 76.2 Å². The van der Waals surface area contributed by atoms with Gasteiger partial charge in [-0.1, -0.05) is 0 Å². The van der Waals surface area contributed by atoms with Crippen LogP contribution in [0.5, 0.6) is 0 Å². The summed E-state index contributed by atoms with van der Waals surface area (Å²) in [7, 11) is -3.14. The average molecular weight is 346 g/mol. The summed E-state index contributed by atoms with van der Waals surface area (Å²) in [6, 6.07) is 0. The van der Waals surface area contributed by atoms with E-state index in [2.05, 4.69) is 0 Å². The Morgan fingerprint density at radius 1 is 1.09 bits per heavy atom. The number of amides is 1. The van der Waals surface area contributed by atoms with Crippen LogP contribution in [0.3, 0.4) is 0 Å². The number of sulfonamides is 1. The van der Waals surface area contributed by atoms with E-state index in [-0.39, 0.29) is 17.6 Å². The average Bonchev–Trinajstić information content (AvgIpc) is 3.03. The second-order valence-electron chi connectivity index (χ2n) is 6.51. The van der Waals surface area contributed by atoms with Crippen LogP contribution in [0.1, 0.15) is 32.6 Å². The normalized spacial score (nSPS) is 26.7. The maximum absolute atomic E-state index is 12.7. The van der Waals surface area contributed by atoms with E-state index >= 15 is 0 Å². The van der Waals surface area contributed by atoms with E-state index in [0.29, 0.717) is 52.2 Å². The van der Waals surface area contributed by atoms with E-state index in [1.807, 2.05) is 4.90 Å². The molecule has 3 fully saturated rings. The van der Waals surface area contributed by atoms with Crippen molar-refractivity contribution in [3.8, 4) is 0 Å². The van der Waals surface area contributed by atoms with Gasteiger partial charge >= 0.3 is 0 Å². The van der Waals surface area contributed by atoms with Crippen LogP contribution in [0.2, 0.25) is 0 Å². The lowest BCUT2D eigenvalue weighted by Gasteiger charge is -2.40. The van der Waals surface area contributed by atoms with Crippen molar-refractivity contribution in [2.75, 3.05) is 45.1 Å². The molecule has 3 saturated heterocycles. The number of nitrogens with zero attached hydrogens (tertiary/aromatic N) is 2. The predicted octanol–water partition coefficient (Wildman–Crippen LogP) is 0.414. The van der Waals surface area contributed by atoms with Crippen LogP contribution in [0.15, 0.2) is 0 Å². The number of carbonyl (C=O) groups is 1. The Hall–Kier alpha value is -0.700. The van der Waals surface area contributed by atoms with E-state index in [1.54, 1.807) is 6.92 Å². The van der Waals surface area contributed by atoms with Gasteiger partial charge in [-0.3, -0.25) is 4.79 Å². The molecule has 3 heterocycles. The monoisotopic (exact) mass is 346 g/mol. The second kappa shape index (κ2) is 6.66. The highest BCUT2D eigenvalue weighted by Gasteiger charge is 2.42. The molecular weight excluding hydrogens is 320 g/mol. The minimum absolute atomic E-state index is 0.0576. The largest absolute Gasteiger partial charge is 0.347 e. The number of carbonyl (C=O) groups excluding carboxylic acids is 1. The highest BCUT2D eigenvalue weighted by Crippen LogP contribution is 2.32. The first-order valence-electron chi connectivity index (χ1n) is 8.50. The molecule has 0 unspecified atom stereocenters. The minimum Gasteiger partial charge on any atom is -0.347 e. The number of ether oxygens (including phenoxy) is 2. The second-order valence-corrected chi connectivity index (χ2v) is 8.76. The van der Waals surface area contributed by atoms with Gasteiger partial charge in [0.05, 0.1) is 19.0 Å². The SMILES string of the molecule is CCS(=O)(=O)N1CCC(C(=O)N2CCC3(CC2)OCCO3)CC1. The third-order valence-electron chi connectivity index (χ3n) is 5.21. The van der Waals surface area contributed by atoms with E-state index in [1.165, 1.54) is 4.31 Å². The molecule has 0 N–H and O–H groups in total. The lowest BCUT2D eigenvalue weighted by atomic mass is 9.94. The molecule has 1 amide bonds. The Morgan fingerprint density at radius 3 is 2.17 bits per heavy atom. The van der Waals surface area contributed by atoms with Crippen molar-refractivity contribution in [2.45, 2.75) is 38.4 Å². The fraction of sp³-hybridized carbons (Fsp3) is 0.933. The number of piperidine rings is 2. The van der Waals surface area contributed by atoms with Crippen molar-refractivity contribution in [3.05, 3.63) is 0 Å². The molecule has 0 bridgehead atoms. The van der Waals surface area contributed by atoms with Crippen LogP contribution < -0.4 is 0 Å². The smallest absolute Gasteiger partial charge is 0.225 e. The van der Waals surface area contributed by atoms with Crippen LogP contribution in [0.25, 0.3) is 0 Å². The van der Waals surface area contributed by atoms with E-state index in [9.17, 15) is 13.2 Å². The molecule has 3 aliphatic heterocycles. The van der Waals surface area contributed by atoms with Crippen molar-refractivity contribution in [1.82, 2.24) is 9.21 Å². The van der Waals surface area contributed by atoms with Gasteiger partial charge in [0.15, 0.2) is 5.79 Å². The summed E-state index contributed by atoms with van der Waals surface area (Å²) in [5, 5.41) is 0. The molecule has 0 aliphatic carbocycles. The van der Waals surface area contributed by atoms with E-state index in [0.717, 1.165) is 12.8 Å². The molecule has 23 heavy (non-hydrogen) atoms. The number of likely N-dealkylation sites (tertiary alicyclic amines) is 1. The fourth-order valence-corrected chi connectivity index (χ4v) is 4.81. The highest BCUT2D eigenvalue weighted by molar-refractivity contribution is 7.89. The highest BCUT2D eigenvalue weighted by atomic mass is 32.2. The van der Waals surface area contributed by atoms with Crippen molar-refractivity contribution < 1.29 is 22.7 Å². The van der Waals surface area contributed by atoms with Crippen molar-refractivity contribution in [1.29, 1.82) is 0 Å². The lowest BCUT2D eigenvalue weighted by molar-refractivity contribution is -0.188. The zero-order valence-corrected chi connectivity index (χ0v) is 14.5. The van der Waals surface area contributed by atoms with Gasteiger partial charge in [-0.05, 0) is 19.8 Å². The number of hydrogen-bond acceptors (Lipinski definition) is 5. The number of hydrogen-bond donors (Lipinski definition) is 0. The third kappa shape index (κ3) is 3.55. The van der Waals surface area contributed by atoms with Gasteiger partial charge in [-0.25, -0.2) is 12.7 Å². The van der Waals surface area contributed by atoms with Gasteiger partial charge in [0.1, 0.15) is 0 Å². The first kappa shape index (κ1) is 17.1. The molecule has 0 aromatic carbocycles. The summed E-state index contributed by atoms with van der Waals surface area (Å²) in [5.74, 6) is -0.237. The van der Waals surface area contributed by atoms with Crippen LogP contribution >= 0.6 is 0 Å². The molecule has 132 valence electrons. The molecule has 7 nitrogen and oxygen atoms in total. The maximum Gasteiger partial charge on any atom is 0.225 e. The Kier molecular flexibility index (Phi) is 4.96. The first-order chi connectivity index (χ1) is 11.0. The van der Waals surface area contributed by atoms with Crippen molar-refractivity contribution in [2.24, 2.45) is 5.92 Å². The van der Waals surface area contributed by atoms with Crippen LogP contribution in [-0.4, -0.2) is 74.5 Å². The van der Waals surface area contributed by atoms with E-state index in [4.69, 9.17) is 9.47 Å². The molecular formula is C15H26N2O5S. The molecule has 0 saturated carbocycles. The molecule has 1 spiro atoms. The zero-order valence-electron chi connectivity index (χ0n) is 13.7. The molecule has 0 atom stereocenters. The standard InChI is InChI=1S/C15H26N2O5S/c1-2-23(19,20)17-7-3-13(4-8-17)14(18)16-9-5-15(6-10-16)21-11-12-22-15/h13H,2-12H2,1H3. The van der Waals surface area contributed by atoms with Gasteiger partial charge in [0.25, 0.3) is 0 Å². The third-order valence-corrected chi connectivity index (χ3v) is 7.09. The van der Waals surface area contributed by atoms with Gasteiger partial charge in [-0.15, -0.1) is 0 Å². The number of rotatable bonds is 3. The van der Waals surface area contributed by atoms with Crippen LogP contribution in [0, 0.1) is 5.92 Å². The molecule has 0 aromatic rings. The Labute approximate surface area is 138 Å². The minimum atomic E-state index is -3.14. The maximum atomic E-state index is 12.7. The van der Waals surface area contributed by atoms with Gasteiger partial charge in [-0.2, -0.15) is 0 Å². The van der Waals surface area contributed by atoms with Crippen molar-refractivity contribution in [3.63, 3.8) is 0 Å². The summed E-state index contributed by atoms with van der Waals surface area (Å²) in [5.41, 5.74) is 0. The molecule has 0 radical (unpaired) electrons. The van der Waals surface area contributed by atoms with Crippen LogP contribution in [0.4, 0.5) is 0 Å². The van der Waals surface area contributed by atoms with Gasteiger partial charge in [0.2, 0.25) is 15.9 Å². The molecule has 3 rings (SSSR count). The van der Waals surface area contributed by atoms with E-state index < -0.39 is 15.8 Å². The van der Waals surface area contributed by atoms with Crippen molar-refractivity contribution >= 4 is 15.9 Å². The predicted molar refractivity (Wildman–Crippen MR) is 84.2 cm³/mol. The first-order valence-corrected chi connectivity index (χ1v) is 10.1. The summed E-state index contributed by atoms with van der Waals surface area (Å²) < 4.78 is 36.6. The summed E-state index contributed by atoms with van der Waals surface area (Å²) >= 11 is 0. The van der Waals surface area contributed by atoms with Gasteiger partial charge < -0.3 is 14.4 Å². The summed E-state index contributed by atoms with van der Waals surface area (Å²) in [6.07, 6.45) is 2.68. The lowest BCUT2D eigenvalue weighted by Crippen LogP contribution is -2.50. The van der Waals surface area contributed by atoms with Gasteiger partial charge in [0, 0.05) is 44.9 Å². The zero-order chi connectivity index (χ0) is 16.5. The molecule has 0 aromatic heterocycles. The quantitative estimate of drug-likeness (QED) is 0.740. The molecule has 8 heteroatoms. The Bertz CT molecular complexity index is 526.